The van der Waals surface area contributed by atoms with Crippen molar-refractivity contribution in [2.24, 2.45) is 11.7 Å². The van der Waals surface area contributed by atoms with Gasteiger partial charge in [0.05, 0.1) is 6.42 Å². The van der Waals surface area contributed by atoms with Crippen LogP contribution in [-0.4, -0.2) is 35.6 Å². The Labute approximate surface area is 121 Å². The standard InChI is InChI=1S/C16H26N2O2/c1-12(2)15(17)8-9-18(3)11-14-7-5-4-6-13(14)10-16(19)20/h4-7,12,15H,8-11,17H2,1-3H3,(H,19,20). The zero-order valence-corrected chi connectivity index (χ0v) is 12.7. The van der Waals surface area contributed by atoms with Crippen molar-refractivity contribution in [1.82, 2.24) is 4.90 Å². The molecule has 0 aromatic heterocycles. The van der Waals surface area contributed by atoms with E-state index in [-0.39, 0.29) is 12.5 Å². The molecule has 1 unspecified atom stereocenters. The average molecular weight is 278 g/mol. The molecule has 0 aliphatic heterocycles. The second-order valence-corrected chi connectivity index (χ2v) is 5.77. The molecule has 0 saturated carbocycles. The highest BCUT2D eigenvalue weighted by molar-refractivity contribution is 5.70. The summed E-state index contributed by atoms with van der Waals surface area (Å²) < 4.78 is 0. The number of hydrogen-bond acceptors (Lipinski definition) is 3. The van der Waals surface area contributed by atoms with E-state index < -0.39 is 5.97 Å². The molecule has 0 saturated heterocycles. The maximum Gasteiger partial charge on any atom is 0.307 e. The smallest absolute Gasteiger partial charge is 0.307 e. The van der Waals surface area contributed by atoms with Crippen LogP contribution in [0.1, 0.15) is 31.4 Å². The molecule has 20 heavy (non-hydrogen) atoms. The monoisotopic (exact) mass is 278 g/mol. The van der Waals surface area contributed by atoms with Crippen molar-refractivity contribution in [3.05, 3.63) is 35.4 Å². The Hall–Kier alpha value is -1.39. The van der Waals surface area contributed by atoms with Crippen LogP contribution in [0.5, 0.6) is 0 Å². The molecule has 1 atom stereocenters. The average Bonchev–Trinajstić information content (AvgIpc) is 2.37. The first-order valence-electron chi connectivity index (χ1n) is 7.13. The molecule has 0 amide bonds. The summed E-state index contributed by atoms with van der Waals surface area (Å²) >= 11 is 0. The predicted molar refractivity (Wildman–Crippen MR) is 81.5 cm³/mol. The third kappa shape index (κ3) is 5.72. The van der Waals surface area contributed by atoms with Gasteiger partial charge in [-0.2, -0.15) is 0 Å². The predicted octanol–water partition coefficient (Wildman–Crippen LogP) is 2.12. The second-order valence-electron chi connectivity index (χ2n) is 5.77. The molecule has 1 aromatic carbocycles. The van der Waals surface area contributed by atoms with Crippen LogP contribution in [-0.2, 0) is 17.8 Å². The molecule has 0 spiro atoms. The van der Waals surface area contributed by atoms with Crippen LogP contribution >= 0.6 is 0 Å². The SMILES string of the molecule is CC(C)C(N)CCN(C)Cc1ccccc1CC(=O)O. The lowest BCUT2D eigenvalue weighted by molar-refractivity contribution is -0.136. The zero-order chi connectivity index (χ0) is 15.1. The minimum Gasteiger partial charge on any atom is -0.481 e. The van der Waals surface area contributed by atoms with E-state index in [0.29, 0.717) is 5.92 Å². The summed E-state index contributed by atoms with van der Waals surface area (Å²) in [4.78, 5) is 13.1. The highest BCUT2D eigenvalue weighted by atomic mass is 16.4. The summed E-state index contributed by atoms with van der Waals surface area (Å²) in [7, 11) is 2.05. The van der Waals surface area contributed by atoms with Gasteiger partial charge in [0.25, 0.3) is 0 Å². The summed E-state index contributed by atoms with van der Waals surface area (Å²) in [5.41, 5.74) is 8.02. The van der Waals surface area contributed by atoms with Gasteiger partial charge in [0, 0.05) is 12.6 Å². The Morgan fingerprint density at radius 3 is 2.45 bits per heavy atom. The first kappa shape index (κ1) is 16.7. The summed E-state index contributed by atoms with van der Waals surface area (Å²) in [6.07, 6.45) is 1.03. The fraction of sp³-hybridized carbons (Fsp3) is 0.562. The Morgan fingerprint density at radius 1 is 1.30 bits per heavy atom. The molecular weight excluding hydrogens is 252 g/mol. The van der Waals surface area contributed by atoms with E-state index in [0.717, 1.165) is 30.6 Å². The van der Waals surface area contributed by atoms with Crippen LogP contribution in [0.3, 0.4) is 0 Å². The van der Waals surface area contributed by atoms with Crippen molar-refractivity contribution in [3.8, 4) is 0 Å². The molecule has 3 N–H and O–H groups in total. The van der Waals surface area contributed by atoms with Gasteiger partial charge in [0.15, 0.2) is 0 Å². The topological polar surface area (TPSA) is 66.6 Å². The quantitative estimate of drug-likeness (QED) is 0.764. The van der Waals surface area contributed by atoms with Gasteiger partial charge < -0.3 is 15.7 Å². The lowest BCUT2D eigenvalue weighted by atomic mass is 10.0. The van der Waals surface area contributed by atoms with E-state index >= 15 is 0 Å². The van der Waals surface area contributed by atoms with Gasteiger partial charge in [0.1, 0.15) is 0 Å². The molecule has 0 aliphatic carbocycles. The Morgan fingerprint density at radius 2 is 1.90 bits per heavy atom. The summed E-state index contributed by atoms with van der Waals surface area (Å²) in [5.74, 6) is -0.301. The van der Waals surface area contributed by atoms with Gasteiger partial charge in [-0.05, 0) is 37.1 Å². The Balaban J connectivity index is 2.57. The molecule has 1 aromatic rings. The number of rotatable bonds is 8. The normalized spacial score (nSPS) is 12.9. The highest BCUT2D eigenvalue weighted by Gasteiger charge is 2.11. The van der Waals surface area contributed by atoms with Crippen LogP contribution in [0.15, 0.2) is 24.3 Å². The van der Waals surface area contributed by atoms with Crippen molar-refractivity contribution >= 4 is 5.97 Å². The third-order valence-corrected chi connectivity index (χ3v) is 3.60. The van der Waals surface area contributed by atoms with Crippen LogP contribution in [0, 0.1) is 5.92 Å². The van der Waals surface area contributed by atoms with Gasteiger partial charge in [-0.1, -0.05) is 38.1 Å². The third-order valence-electron chi connectivity index (χ3n) is 3.60. The van der Waals surface area contributed by atoms with Gasteiger partial charge in [-0.15, -0.1) is 0 Å². The van der Waals surface area contributed by atoms with E-state index in [1.165, 1.54) is 0 Å². The number of carboxylic acid groups (broad SMARTS) is 1. The van der Waals surface area contributed by atoms with Gasteiger partial charge in [0.2, 0.25) is 0 Å². The zero-order valence-electron chi connectivity index (χ0n) is 12.7. The van der Waals surface area contributed by atoms with Gasteiger partial charge in [-0.3, -0.25) is 4.79 Å². The lowest BCUT2D eigenvalue weighted by Gasteiger charge is -2.22. The Kier molecular flexibility index (Phi) is 6.68. The minimum absolute atomic E-state index is 0.0789. The lowest BCUT2D eigenvalue weighted by Crippen LogP contribution is -2.31. The summed E-state index contributed by atoms with van der Waals surface area (Å²) in [5, 5.41) is 8.93. The minimum atomic E-state index is -0.790. The highest BCUT2D eigenvalue weighted by Crippen LogP contribution is 2.13. The molecule has 0 aliphatic rings. The summed E-state index contributed by atoms with van der Waals surface area (Å²) in [6, 6.07) is 7.94. The number of benzene rings is 1. The van der Waals surface area contributed by atoms with Crippen LogP contribution in [0.4, 0.5) is 0 Å². The molecule has 0 heterocycles. The maximum absolute atomic E-state index is 10.9. The molecular formula is C16H26N2O2. The van der Waals surface area contributed by atoms with Crippen molar-refractivity contribution in [3.63, 3.8) is 0 Å². The molecule has 1 rings (SSSR count). The van der Waals surface area contributed by atoms with Gasteiger partial charge in [-0.25, -0.2) is 0 Å². The summed E-state index contributed by atoms with van der Waals surface area (Å²) in [6.45, 7) is 5.94. The van der Waals surface area contributed by atoms with E-state index in [4.69, 9.17) is 10.8 Å². The number of carboxylic acids is 1. The number of aliphatic carboxylic acids is 1. The van der Waals surface area contributed by atoms with Crippen molar-refractivity contribution in [1.29, 1.82) is 0 Å². The van der Waals surface area contributed by atoms with E-state index in [1.54, 1.807) is 0 Å². The molecule has 4 heteroatoms. The fourth-order valence-electron chi connectivity index (χ4n) is 2.12. The molecule has 0 fully saturated rings. The molecule has 0 radical (unpaired) electrons. The number of nitrogens with two attached hydrogens (primary N) is 1. The van der Waals surface area contributed by atoms with Crippen molar-refractivity contribution in [2.45, 2.75) is 39.3 Å². The van der Waals surface area contributed by atoms with Gasteiger partial charge >= 0.3 is 5.97 Å². The van der Waals surface area contributed by atoms with E-state index in [9.17, 15) is 4.79 Å². The largest absolute Gasteiger partial charge is 0.481 e. The van der Waals surface area contributed by atoms with Crippen molar-refractivity contribution < 1.29 is 9.90 Å². The Bertz CT molecular complexity index is 432. The number of carbonyl (C=O) groups is 1. The second kappa shape index (κ2) is 8.02. The molecule has 0 bridgehead atoms. The van der Waals surface area contributed by atoms with Crippen LogP contribution in [0.2, 0.25) is 0 Å². The van der Waals surface area contributed by atoms with E-state index in [2.05, 4.69) is 18.7 Å². The van der Waals surface area contributed by atoms with Crippen LogP contribution < -0.4 is 5.73 Å². The van der Waals surface area contributed by atoms with Crippen LogP contribution in [0.25, 0.3) is 0 Å². The van der Waals surface area contributed by atoms with E-state index in [1.807, 2.05) is 31.3 Å². The van der Waals surface area contributed by atoms with Crippen molar-refractivity contribution in [2.75, 3.05) is 13.6 Å². The maximum atomic E-state index is 10.9. The number of nitrogens with zero attached hydrogens (tertiary/aromatic N) is 1. The molecule has 4 nitrogen and oxygen atoms in total. The fourth-order valence-corrected chi connectivity index (χ4v) is 2.12. The molecule has 112 valence electrons. The first-order valence-corrected chi connectivity index (χ1v) is 7.13. The number of hydrogen-bond donors (Lipinski definition) is 2. The first-order chi connectivity index (χ1) is 9.40.